The van der Waals surface area contributed by atoms with Gasteiger partial charge in [0, 0.05) is 0 Å². The Balaban J connectivity index is 1.86. The number of fused-ring (bicyclic) bond motifs is 1. The van der Waals surface area contributed by atoms with Crippen LogP contribution < -0.4 is 15.4 Å². The Kier molecular flexibility index (Phi) is 4.38. The number of halogens is 2. The number of ether oxygens (including phenoxy) is 1. The zero-order valence-electron chi connectivity index (χ0n) is 15.1. The van der Waals surface area contributed by atoms with Crippen molar-refractivity contribution in [1.29, 1.82) is 0 Å². The van der Waals surface area contributed by atoms with Gasteiger partial charge in [-0.25, -0.2) is 18.7 Å². The third-order valence-corrected chi connectivity index (χ3v) is 4.49. The molecule has 1 aromatic carbocycles. The van der Waals surface area contributed by atoms with Gasteiger partial charge in [-0.2, -0.15) is 0 Å². The molecule has 1 amide bonds. The Morgan fingerprint density at radius 3 is 2.54 bits per heavy atom. The van der Waals surface area contributed by atoms with E-state index in [9.17, 15) is 13.6 Å². The van der Waals surface area contributed by atoms with Crippen LogP contribution in [0.25, 0.3) is 11.3 Å². The predicted molar refractivity (Wildman–Crippen MR) is 99.5 cm³/mol. The highest BCUT2D eigenvalue weighted by Crippen LogP contribution is 2.36. The predicted octanol–water partition coefficient (Wildman–Crippen LogP) is 3.98. The van der Waals surface area contributed by atoms with Crippen molar-refractivity contribution in [3.8, 4) is 17.0 Å². The van der Waals surface area contributed by atoms with Gasteiger partial charge in [0.1, 0.15) is 23.2 Å². The third-order valence-electron chi connectivity index (χ3n) is 4.49. The number of nitrogens with one attached hydrogen (secondary N) is 2. The fourth-order valence-corrected chi connectivity index (χ4v) is 3.14. The molecule has 0 bridgehead atoms. The van der Waals surface area contributed by atoms with Crippen LogP contribution in [0, 0.1) is 11.6 Å². The molecule has 6 nitrogen and oxygen atoms in total. The van der Waals surface area contributed by atoms with Gasteiger partial charge in [0.2, 0.25) is 0 Å². The van der Waals surface area contributed by atoms with E-state index < -0.39 is 11.6 Å². The molecule has 4 rings (SSSR count). The van der Waals surface area contributed by atoms with Crippen LogP contribution in [0.2, 0.25) is 0 Å². The number of carbonyl (C=O) groups excluding carboxylic acids is 1. The number of carbonyl (C=O) groups is 1. The highest BCUT2D eigenvalue weighted by atomic mass is 19.1. The van der Waals surface area contributed by atoms with Gasteiger partial charge in [-0.05, 0) is 37.3 Å². The number of pyridine rings is 2. The minimum Gasteiger partial charge on any atom is -0.495 e. The van der Waals surface area contributed by atoms with Crippen LogP contribution in [0.5, 0.6) is 5.75 Å². The van der Waals surface area contributed by atoms with E-state index in [4.69, 9.17) is 4.74 Å². The summed E-state index contributed by atoms with van der Waals surface area (Å²) >= 11 is 0. The van der Waals surface area contributed by atoms with Crippen molar-refractivity contribution in [2.75, 3.05) is 12.4 Å². The molecule has 0 fully saturated rings. The fourth-order valence-electron chi connectivity index (χ4n) is 3.14. The van der Waals surface area contributed by atoms with E-state index in [1.165, 1.54) is 25.4 Å². The quantitative estimate of drug-likeness (QED) is 0.714. The molecular formula is C20H16F2N4O2. The van der Waals surface area contributed by atoms with Crippen LogP contribution in [0.4, 0.5) is 20.3 Å². The largest absolute Gasteiger partial charge is 0.495 e. The standard InChI is InChI=1S/C20H16F2N4O2/c1-10-19-18(20(27)24-10)15(25-16-7-6-11(28-2)9-23-16)8-14(26-19)17-12(21)4-3-5-13(17)22/h3-10H,1-2H3,(H,24,27)(H,23,25,26)/t10-/m0/s1. The number of hydrogen-bond acceptors (Lipinski definition) is 5. The molecule has 142 valence electrons. The molecule has 0 radical (unpaired) electrons. The number of hydrogen-bond donors (Lipinski definition) is 2. The number of methoxy groups -OCH3 is 1. The molecule has 28 heavy (non-hydrogen) atoms. The molecule has 2 N–H and O–H groups in total. The van der Waals surface area contributed by atoms with E-state index in [1.54, 1.807) is 19.1 Å². The average molecular weight is 382 g/mol. The number of anilines is 2. The third kappa shape index (κ3) is 3.02. The normalized spacial score (nSPS) is 15.1. The number of benzene rings is 1. The first-order valence-corrected chi connectivity index (χ1v) is 8.55. The van der Waals surface area contributed by atoms with E-state index >= 15 is 0 Å². The summed E-state index contributed by atoms with van der Waals surface area (Å²) in [5.74, 6) is -0.754. The van der Waals surface area contributed by atoms with Gasteiger partial charge < -0.3 is 15.4 Å². The van der Waals surface area contributed by atoms with Crippen LogP contribution in [-0.2, 0) is 0 Å². The number of rotatable bonds is 4. The van der Waals surface area contributed by atoms with Crippen molar-refractivity contribution in [3.63, 3.8) is 0 Å². The summed E-state index contributed by atoms with van der Waals surface area (Å²) in [7, 11) is 1.53. The van der Waals surface area contributed by atoms with Gasteiger partial charge in [0.15, 0.2) is 0 Å². The van der Waals surface area contributed by atoms with Crippen molar-refractivity contribution in [2.24, 2.45) is 0 Å². The molecule has 1 aliphatic rings. The Morgan fingerprint density at radius 1 is 1.14 bits per heavy atom. The van der Waals surface area contributed by atoms with Crippen molar-refractivity contribution < 1.29 is 18.3 Å². The second-order valence-corrected chi connectivity index (χ2v) is 6.32. The Labute approximate surface area is 159 Å². The minimum absolute atomic E-state index is 0.0914. The second kappa shape index (κ2) is 6.88. The molecular weight excluding hydrogens is 366 g/mol. The lowest BCUT2D eigenvalue weighted by atomic mass is 10.0. The van der Waals surface area contributed by atoms with Crippen LogP contribution >= 0.6 is 0 Å². The zero-order chi connectivity index (χ0) is 19.8. The smallest absolute Gasteiger partial charge is 0.255 e. The lowest BCUT2D eigenvalue weighted by Gasteiger charge is -2.13. The van der Waals surface area contributed by atoms with Crippen molar-refractivity contribution in [1.82, 2.24) is 15.3 Å². The van der Waals surface area contributed by atoms with E-state index in [0.717, 1.165) is 12.1 Å². The van der Waals surface area contributed by atoms with Gasteiger partial charge in [-0.3, -0.25) is 4.79 Å². The van der Waals surface area contributed by atoms with Crippen molar-refractivity contribution in [2.45, 2.75) is 13.0 Å². The number of aromatic nitrogens is 2. The monoisotopic (exact) mass is 382 g/mol. The molecule has 3 heterocycles. The van der Waals surface area contributed by atoms with Crippen molar-refractivity contribution in [3.05, 3.63) is 65.5 Å². The summed E-state index contributed by atoms with van der Waals surface area (Å²) in [5, 5.41) is 5.81. The van der Waals surface area contributed by atoms with Gasteiger partial charge in [0.05, 0.1) is 47.6 Å². The topological polar surface area (TPSA) is 76.1 Å². The highest BCUT2D eigenvalue weighted by molar-refractivity contribution is 6.04. The average Bonchev–Trinajstić information content (AvgIpc) is 2.96. The van der Waals surface area contributed by atoms with Crippen molar-refractivity contribution >= 4 is 17.4 Å². The SMILES string of the molecule is COc1ccc(Nc2cc(-c3c(F)cccc3F)nc3c2C(=O)N[C@H]3C)nc1. The highest BCUT2D eigenvalue weighted by Gasteiger charge is 2.31. The Hall–Kier alpha value is -3.55. The molecule has 2 aromatic heterocycles. The maximum Gasteiger partial charge on any atom is 0.255 e. The first-order chi connectivity index (χ1) is 13.5. The Morgan fingerprint density at radius 2 is 1.89 bits per heavy atom. The van der Waals surface area contributed by atoms with E-state index in [-0.39, 0.29) is 23.2 Å². The van der Waals surface area contributed by atoms with Gasteiger partial charge >= 0.3 is 0 Å². The van der Waals surface area contributed by atoms with E-state index in [1.807, 2.05) is 0 Å². The molecule has 3 aromatic rings. The van der Waals surface area contributed by atoms with E-state index in [0.29, 0.717) is 28.5 Å². The molecule has 1 aliphatic heterocycles. The zero-order valence-corrected chi connectivity index (χ0v) is 15.1. The van der Waals surface area contributed by atoms with Gasteiger partial charge in [0.25, 0.3) is 5.91 Å². The molecule has 0 saturated carbocycles. The molecule has 0 spiro atoms. The molecule has 0 aliphatic carbocycles. The second-order valence-electron chi connectivity index (χ2n) is 6.32. The maximum absolute atomic E-state index is 14.3. The first-order valence-electron chi connectivity index (χ1n) is 8.55. The summed E-state index contributed by atoms with van der Waals surface area (Å²) in [4.78, 5) is 21.0. The van der Waals surface area contributed by atoms with Crippen LogP contribution in [0.1, 0.15) is 29.0 Å². The summed E-state index contributed by atoms with van der Waals surface area (Å²) in [5.41, 5.74) is 0.949. The van der Waals surface area contributed by atoms with Crippen LogP contribution in [-0.4, -0.2) is 23.0 Å². The molecule has 1 atom stereocenters. The maximum atomic E-state index is 14.3. The first kappa shape index (κ1) is 17.8. The summed E-state index contributed by atoms with van der Waals surface area (Å²) in [6.07, 6.45) is 1.52. The summed E-state index contributed by atoms with van der Waals surface area (Å²) < 4.78 is 33.7. The lowest BCUT2D eigenvalue weighted by molar-refractivity contribution is 0.0959. The van der Waals surface area contributed by atoms with Gasteiger partial charge in [-0.15, -0.1) is 0 Å². The van der Waals surface area contributed by atoms with Crippen LogP contribution in [0.15, 0.2) is 42.6 Å². The van der Waals surface area contributed by atoms with E-state index in [2.05, 4.69) is 20.6 Å². The fraction of sp³-hybridized carbons (Fsp3) is 0.150. The summed E-state index contributed by atoms with van der Waals surface area (Å²) in [6.45, 7) is 1.76. The number of nitrogens with zero attached hydrogens (tertiary/aromatic N) is 2. The Bertz CT molecular complexity index is 1050. The minimum atomic E-state index is -0.731. The van der Waals surface area contributed by atoms with Gasteiger partial charge in [-0.1, -0.05) is 6.07 Å². The summed E-state index contributed by atoms with van der Waals surface area (Å²) in [6, 6.07) is 8.06. The number of amides is 1. The van der Waals surface area contributed by atoms with Crippen LogP contribution in [0.3, 0.4) is 0 Å². The molecule has 0 unspecified atom stereocenters. The lowest BCUT2D eigenvalue weighted by Crippen LogP contribution is -2.16. The molecule has 0 saturated heterocycles. The molecule has 8 heteroatoms.